The van der Waals surface area contributed by atoms with Gasteiger partial charge in [0.2, 0.25) is 0 Å². The second-order valence-electron chi connectivity index (χ2n) is 5.06. The van der Waals surface area contributed by atoms with Gasteiger partial charge < -0.3 is 9.22 Å². The molecular weight excluding hydrogens is 150 g/mol. The molecule has 1 aliphatic rings. The van der Waals surface area contributed by atoms with Gasteiger partial charge in [-0.15, -0.1) is 0 Å². The van der Waals surface area contributed by atoms with Crippen molar-refractivity contribution >= 4 is 0 Å². The molecule has 72 valence electrons. The zero-order valence-electron chi connectivity index (χ0n) is 9.05. The summed E-state index contributed by atoms with van der Waals surface area (Å²) in [5.41, 5.74) is 0.0667. The van der Waals surface area contributed by atoms with E-state index in [1.54, 1.807) is 0 Å². The fourth-order valence-corrected chi connectivity index (χ4v) is 1.97. The number of rotatable bonds is 1. The first kappa shape index (κ1) is 10.0. The quantitative estimate of drug-likeness (QED) is 0.546. The number of quaternary nitrogens is 1. The maximum atomic E-state index is 5.70. The smallest absolute Gasteiger partial charge is 0.112 e. The normalized spacial score (nSPS) is 35.5. The van der Waals surface area contributed by atoms with E-state index in [4.69, 9.17) is 4.74 Å². The van der Waals surface area contributed by atoms with E-state index >= 15 is 0 Å². The van der Waals surface area contributed by atoms with Crippen molar-refractivity contribution in [3.8, 4) is 0 Å². The van der Waals surface area contributed by atoms with Crippen LogP contribution in [0.2, 0.25) is 0 Å². The minimum Gasteiger partial charge on any atom is -0.364 e. The second-order valence-corrected chi connectivity index (χ2v) is 5.06. The van der Waals surface area contributed by atoms with Crippen molar-refractivity contribution in [2.45, 2.75) is 39.3 Å². The zero-order valence-corrected chi connectivity index (χ0v) is 9.05. The lowest BCUT2D eigenvalue weighted by atomic mass is 10.0. The molecule has 0 spiro atoms. The van der Waals surface area contributed by atoms with Crippen LogP contribution in [0.25, 0.3) is 0 Å². The van der Waals surface area contributed by atoms with Crippen LogP contribution in [0, 0.1) is 0 Å². The maximum absolute atomic E-state index is 5.70. The van der Waals surface area contributed by atoms with Crippen molar-refractivity contribution in [2.24, 2.45) is 0 Å². The summed E-state index contributed by atoms with van der Waals surface area (Å²) in [4.78, 5) is 0. The van der Waals surface area contributed by atoms with E-state index in [0.717, 1.165) is 24.2 Å². The molecule has 2 heteroatoms. The van der Waals surface area contributed by atoms with Crippen LogP contribution >= 0.6 is 0 Å². The van der Waals surface area contributed by atoms with Gasteiger partial charge in [0.25, 0.3) is 0 Å². The van der Waals surface area contributed by atoms with Gasteiger partial charge >= 0.3 is 0 Å². The highest BCUT2D eigenvalue weighted by atomic mass is 16.5. The Balaban J connectivity index is 2.68. The van der Waals surface area contributed by atoms with E-state index in [2.05, 4.69) is 34.7 Å². The Morgan fingerprint density at radius 2 is 1.92 bits per heavy atom. The topological polar surface area (TPSA) is 9.23 Å². The molecule has 1 rings (SSSR count). The SMILES string of the molecule is CC(C)[N+]1(C)CCOC(C)(C)C1. The molecule has 0 N–H and O–H groups in total. The molecule has 2 nitrogen and oxygen atoms in total. The Morgan fingerprint density at radius 3 is 2.25 bits per heavy atom. The van der Waals surface area contributed by atoms with Gasteiger partial charge in [-0.3, -0.25) is 0 Å². The zero-order chi connectivity index (χ0) is 9.41. The fourth-order valence-electron chi connectivity index (χ4n) is 1.97. The van der Waals surface area contributed by atoms with Gasteiger partial charge in [0, 0.05) is 0 Å². The van der Waals surface area contributed by atoms with Crippen LogP contribution < -0.4 is 0 Å². The molecule has 1 atom stereocenters. The van der Waals surface area contributed by atoms with Crippen LogP contribution in [-0.4, -0.2) is 42.9 Å². The molecule has 0 bridgehead atoms. The summed E-state index contributed by atoms with van der Waals surface area (Å²) < 4.78 is 6.84. The standard InChI is InChI=1S/C10H22NO/c1-9(2)11(5)6-7-12-10(3,4)8-11/h9H,6-8H2,1-5H3/q+1. The number of ether oxygens (including phenoxy) is 1. The first-order valence-electron chi connectivity index (χ1n) is 4.84. The van der Waals surface area contributed by atoms with Gasteiger partial charge in [-0.05, 0) is 27.7 Å². The lowest BCUT2D eigenvalue weighted by Gasteiger charge is -2.47. The van der Waals surface area contributed by atoms with Crippen LogP contribution in [0.1, 0.15) is 27.7 Å². The van der Waals surface area contributed by atoms with Crippen LogP contribution in [0.3, 0.4) is 0 Å². The molecule has 0 aromatic heterocycles. The van der Waals surface area contributed by atoms with Gasteiger partial charge in [0.15, 0.2) is 0 Å². The third-order valence-electron chi connectivity index (χ3n) is 3.08. The Hall–Kier alpha value is -0.0800. The third kappa shape index (κ3) is 1.99. The van der Waals surface area contributed by atoms with Crippen molar-refractivity contribution in [3.63, 3.8) is 0 Å². The molecule has 0 radical (unpaired) electrons. The van der Waals surface area contributed by atoms with Crippen LogP contribution in [0.5, 0.6) is 0 Å². The van der Waals surface area contributed by atoms with Crippen LogP contribution in [0.15, 0.2) is 0 Å². The van der Waals surface area contributed by atoms with Crippen molar-refractivity contribution in [1.29, 1.82) is 0 Å². The lowest BCUT2D eigenvalue weighted by Crippen LogP contribution is -2.62. The molecule has 0 aromatic carbocycles. The van der Waals surface area contributed by atoms with E-state index in [-0.39, 0.29) is 5.60 Å². The monoisotopic (exact) mass is 172 g/mol. The molecular formula is C10H22NO+. The molecule has 0 saturated carbocycles. The minimum absolute atomic E-state index is 0.0667. The van der Waals surface area contributed by atoms with Crippen molar-refractivity contribution < 1.29 is 9.22 Å². The summed E-state index contributed by atoms with van der Waals surface area (Å²) in [5.74, 6) is 0. The van der Waals surface area contributed by atoms with Gasteiger partial charge in [-0.1, -0.05) is 0 Å². The first-order valence-corrected chi connectivity index (χ1v) is 4.84. The van der Waals surface area contributed by atoms with Crippen molar-refractivity contribution in [1.82, 2.24) is 0 Å². The van der Waals surface area contributed by atoms with E-state index in [0.29, 0.717) is 6.04 Å². The lowest BCUT2D eigenvalue weighted by molar-refractivity contribution is -0.943. The van der Waals surface area contributed by atoms with E-state index in [9.17, 15) is 0 Å². The highest BCUT2D eigenvalue weighted by Crippen LogP contribution is 2.23. The molecule has 0 amide bonds. The van der Waals surface area contributed by atoms with Gasteiger partial charge in [0.1, 0.15) is 18.7 Å². The van der Waals surface area contributed by atoms with Crippen LogP contribution in [-0.2, 0) is 4.74 Å². The molecule has 1 unspecified atom stereocenters. The molecule has 0 aromatic rings. The number of hydrogen-bond acceptors (Lipinski definition) is 1. The van der Waals surface area contributed by atoms with Gasteiger partial charge in [0.05, 0.1) is 19.7 Å². The summed E-state index contributed by atoms with van der Waals surface area (Å²) in [6, 6.07) is 0.702. The highest BCUT2D eigenvalue weighted by molar-refractivity contribution is 4.72. The molecule has 1 aliphatic heterocycles. The number of morpholine rings is 1. The molecule has 1 fully saturated rings. The summed E-state index contributed by atoms with van der Waals surface area (Å²) in [5, 5.41) is 0. The summed E-state index contributed by atoms with van der Waals surface area (Å²) in [7, 11) is 2.33. The number of hydrogen-bond donors (Lipinski definition) is 0. The first-order chi connectivity index (χ1) is 5.36. The van der Waals surface area contributed by atoms with Gasteiger partial charge in [-0.25, -0.2) is 0 Å². The Labute approximate surface area is 76.1 Å². The van der Waals surface area contributed by atoms with E-state index in [1.807, 2.05) is 0 Å². The summed E-state index contributed by atoms with van der Waals surface area (Å²) in [6.07, 6.45) is 0. The van der Waals surface area contributed by atoms with Crippen LogP contribution in [0.4, 0.5) is 0 Å². The van der Waals surface area contributed by atoms with E-state index < -0.39 is 0 Å². The predicted molar refractivity (Wildman–Crippen MR) is 51.1 cm³/mol. The Kier molecular flexibility index (Phi) is 2.50. The summed E-state index contributed by atoms with van der Waals surface area (Å²) in [6.45, 7) is 12.1. The predicted octanol–water partition coefficient (Wildman–Crippen LogP) is 1.65. The Morgan fingerprint density at radius 1 is 1.33 bits per heavy atom. The number of nitrogens with zero attached hydrogens (tertiary/aromatic N) is 1. The van der Waals surface area contributed by atoms with Crippen molar-refractivity contribution in [2.75, 3.05) is 26.7 Å². The highest BCUT2D eigenvalue weighted by Gasteiger charge is 2.38. The molecule has 1 heterocycles. The second kappa shape index (κ2) is 3.00. The molecule has 0 aliphatic carbocycles. The largest absolute Gasteiger partial charge is 0.364 e. The average Bonchev–Trinajstić information content (AvgIpc) is 1.83. The minimum atomic E-state index is 0.0667. The average molecular weight is 172 g/mol. The third-order valence-corrected chi connectivity index (χ3v) is 3.08. The molecule has 1 saturated heterocycles. The Bertz CT molecular complexity index is 165. The van der Waals surface area contributed by atoms with Gasteiger partial charge in [-0.2, -0.15) is 0 Å². The van der Waals surface area contributed by atoms with Crippen molar-refractivity contribution in [3.05, 3.63) is 0 Å². The molecule has 12 heavy (non-hydrogen) atoms. The summed E-state index contributed by atoms with van der Waals surface area (Å²) >= 11 is 0. The van der Waals surface area contributed by atoms with E-state index in [1.165, 1.54) is 0 Å². The maximum Gasteiger partial charge on any atom is 0.112 e. The number of likely N-dealkylation sites (N-methyl/N-ethyl adjacent to an activating group) is 1. The fraction of sp³-hybridized carbons (Fsp3) is 1.00.